The predicted octanol–water partition coefficient (Wildman–Crippen LogP) is 6.79. The van der Waals surface area contributed by atoms with E-state index in [0.29, 0.717) is 39.3 Å². The Morgan fingerprint density at radius 1 is 0.918 bits per heavy atom. The van der Waals surface area contributed by atoms with Gasteiger partial charge in [-0.25, -0.2) is 17.8 Å². The SMILES string of the molecule is Cc1nc(-c2cc(-c3cc(F)c(CO)c(S(C)(=O)=O)c3)ccc2-c2cc(C(C)(C)C(C)(C)O)nn2C)c(-c2ccc3c(c2)OC(F)(F)O3)o1. The molecule has 6 rings (SSSR count). The van der Waals surface area contributed by atoms with Crippen molar-refractivity contribution in [3.05, 3.63) is 77.6 Å². The molecule has 2 N–H and O–H groups in total. The minimum Gasteiger partial charge on any atom is -0.440 e. The van der Waals surface area contributed by atoms with Gasteiger partial charge in [-0.2, -0.15) is 5.10 Å². The van der Waals surface area contributed by atoms with Crippen molar-refractivity contribution in [1.29, 1.82) is 0 Å². The highest BCUT2D eigenvalue weighted by molar-refractivity contribution is 7.90. The number of hydrogen-bond donors (Lipinski definition) is 2. The Labute approximate surface area is 280 Å². The van der Waals surface area contributed by atoms with E-state index in [1.54, 1.807) is 50.7 Å². The summed E-state index contributed by atoms with van der Waals surface area (Å²) in [6.07, 6.45) is -2.90. The quantitative estimate of drug-likeness (QED) is 0.180. The van der Waals surface area contributed by atoms with Gasteiger partial charge in [-0.15, -0.1) is 8.78 Å². The summed E-state index contributed by atoms with van der Waals surface area (Å²) in [7, 11) is -2.19. The van der Waals surface area contributed by atoms with Crippen molar-refractivity contribution >= 4 is 9.84 Å². The van der Waals surface area contributed by atoms with Crippen LogP contribution in [0.5, 0.6) is 11.5 Å². The molecule has 0 radical (unpaired) electrons. The zero-order valence-electron chi connectivity index (χ0n) is 27.7. The van der Waals surface area contributed by atoms with Gasteiger partial charge in [-0.1, -0.05) is 26.0 Å². The molecule has 0 aliphatic carbocycles. The zero-order chi connectivity index (χ0) is 35.8. The standard InChI is InChI=1S/C35H34F3N3O7S/c1-18-39-31(32(46-18)20-9-11-27-28(14-20)48-35(37,38)47-27)23-12-19(21-13-25(36)24(17-42)29(15-21)49(7,44)45)8-10-22(23)26-16-30(40-41(26)6)33(2,3)34(4,5)43/h8-16,42-43H,17H2,1-7H3. The molecule has 0 atom stereocenters. The number of hydrogen-bond acceptors (Lipinski definition) is 9. The number of aliphatic hydroxyl groups is 2. The Balaban J connectivity index is 1.60. The highest BCUT2D eigenvalue weighted by atomic mass is 32.2. The molecule has 0 saturated carbocycles. The van der Waals surface area contributed by atoms with Gasteiger partial charge in [0.2, 0.25) is 0 Å². The molecule has 49 heavy (non-hydrogen) atoms. The summed E-state index contributed by atoms with van der Waals surface area (Å²) >= 11 is 0. The maximum absolute atomic E-state index is 15.3. The van der Waals surface area contributed by atoms with Gasteiger partial charge in [0.05, 0.1) is 28.5 Å². The van der Waals surface area contributed by atoms with Crippen molar-refractivity contribution in [2.75, 3.05) is 6.26 Å². The summed E-state index contributed by atoms with van der Waals surface area (Å²) in [6.45, 7) is 7.93. The molecule has 0 bridgehead atoms. The summed E-state index contributed by atoms with van der Waals surface area (Å²) in [4.78, 5) is 4.32. The molecule has 0 fully saturated rings. The van der Waals surface area contributed by atoms with E-state index >= 15 is 4.39 Å². The molecule has 1 aliphatic rings. The van der Waals surface area contributed by atoms with E-state index in [1.165, 1.54) is 24.3 Å². The number of benzene rings is 3. The van der Waals surface area contributed by atoms with E-state index < -0.39 is 39.6 Å². The lowest BCUT2D eigenvalue weighted by Gasteiger charge is -2.35. The predicted molar refractivity (Wildman–Crippen MR) is 174 cm³/mol. The molecule has 0 saturated heterocycles. The number of fused-ring (bicyclic) bond motifs is 1. The van der Waals surface area contributed by atoms with E-state index in [9.17, 15) is 27.4 Å². The van der Waals surface area contributed by atoms with Crippen LogP contribution in [0.1, 0.15) is 44.8 Å². The average Bonchev–Trinajstić information content (AvgIpc) is 3.67. The van der Waals surface area contributed by atoms with Crippen molar-refractivity contribution < 1.29 is 45.7 Å². The number of nitrogens with zero attached hydrogens (tertiary/aromatic N) is 3. The first-order valence-corrected chi connectivity index (χ1v) is 17.0. The molecule has 1 aliphatic heterocycles. The summed E-state index contributed by atoms with van der Waals surface area (Å²) in [5.74, 6) is -0.798. The third kappa shape index (κ3) is 6.08. The van der Waals surface area contributed by atoms with Crippen LogP contribution in [0.15, 0.2) is 63.9 Å². The third-order valence-corrected chi connectivity index (χ3v) is 10.2. The molecular weight excluding hydrogens is 663 g/mol. The second-order valence-corrected chi connectivity index (χ2v) is 15.1. The van der Waals surface area contributed by atoms with Gasteiger partial charge < -0.3 is 24.1 Å². The molecule has 0 spiro atoms. The number of aromatic nitrogens is 3. The number of halogens is 3. The average molecular weight is 698 g/mol. The number of sulfone groups is 1. The Kier molecular flexibility index (Phi) is 8.00. The van der Waals surface area contributed by atoms with E-state index in [-0.39, 0.29) is 39.2 Å². The Morgan fingerprint density at radius 2 is 1.59 bits per heavy atom. The molecule has 258 valence electrons. The minimum absolute atomic E-state index is 0.152. The maximum atomic E-state index is 15.3. The minimum atomic E-state index is -3.93. The normalized spacial score (nSPS) is 14.4. The summed E-state index contributed by atoms with van der Waals surface area (Å²) < 4.78 is 85.1. The largest absolute Gasteiger partial charge is 0.586 e. The highest BCUT2D eigenvalue weighted by Gasteiger charge is 2.44. The number of aryl methyl sites for hydroxylation is 2. The molecule has 0 amide bonds. The first-order chi connectivity index (χ1) is 22.7. The van der Waals surface area contributed by atoms with Gasteiger partial charge in [-0.05, 0) is 67.4 Å². The fraction of sp³-hybridized carbons (Fsp3) is 0.314. The monoisotopic (exact) mass is 697 g/mol. The number of aliphatic hydroxyl groups excluding tert-OH is 1. The number of alkyl halides is 2. The maximum Gasteiger partial charge on any atom is 0.586 e. The van der Waals surface area contributed by atoms with Crippen LogP contribution < -0.4 is 9.47 Å². The van der Waals surface area contributed by atoms with Crippen LogP contribution in [-0.4, -0.2) is 51.5 Å². The molecule has 14 heteroatoms. The van der Waals surface area contributed by atoms with E-state index in [2.05, 4.69) is 14.5 Å². The summed E-state index contributed by atoms with van der Waals surface area (Å²) in [5, 5.41) is 25.4. The lowest BCUT2D eigenvalue weighted by atomic mass is 9.74. The number of rotatable bonds is 8. The smallest absolute Gasteiger partial charge is 0.440 e. The topological polar surface area (TPSA) is 137 Å². The zero-order valence-corrected chi connectivity index (χ0v) is 28.5. The van der Waals surface area contributed by atoms with Crippen molar-refractivity contribution in [2.45, 2.75) is 63.4 Å². The molecule has 2 aromatic heterocycles. The van der Waals surface area contributed by atoms with Gasteiger partial charge in [0.15, 0.2) is 33.0 Å². The van der Waals surface area contributed by atoms with E-state index in [0.717, 1.165) is 12.3 Å². The van der Waals surface area contributed by atoms with Crippen molar-refractivity contribution in [3.8, 4) is 56.5 Å². The van der Waals surface area contributed by atoms with Crippen molar-refractivity contribution in [1.82, 2.24) is 14.8 Å². The molecule has 5 aromatic rings. The lowest BCUT2D eigenvalue weighted by Crippen LogP contribution is -2.42. The van der Waals surface area contributed by atoms with Crippen molar-refractivity contribution in [3.63, 3.8) is 0 Å². The highest BCUT2D eigenvalue weighted by Crippen LogP contribution is 2.46. The van der Waals surface area contributed by atoms with Crippen LogP contribution in [0, 0.1) is 12.7 Å². The first-order valence-electron chi connectivity index (χ1n) is 15.1. The molecule has 3 aromatic carbocycles. The fourth-order valence-corrected chi connectivity index (χ4v) is 6.59. The van der Waals surface area contributed by atoms with E-state index in [1.807, 2.05) is 19.9 Å². The van der Waals surface area contributed by atoms with Crippen LogP contribution in [0.2, 0.25) is 0 Å². The van der Waals surface area contributed by atoms with Crippen LogP contribution in [0.25, 0.3) is 45.0 Å². The second kappa shape index (κ2) is 11.5. The number of oxazole rings is 1. The number of ether oxygens (including phenoxy) is 2. The first kappa shape index (κ1) is 34.2. The molecule has 0 unspecified atom stereocenters. The molecule has 10 nitrogen and oxygen atoms in total. The van der Waals surface area contributed by atoms with Gasteiger partial charge in [0.1, 0.15) is 11.5 Å². The van der Waals surface area contributed by atoms with Gasteiger partial charge in [-0.3, -0.25) is 4.68 Å². The fourth-order valence-electron chi connectivity index (χ4n) is 5.64. The molecular formula is C35H34F3N3O7S. The van der Waals surface area contributed by atoms with E-state index in [4.69, 9.17) is 9.52 Å². The lowest BCUT2D eigenvalue weighted by molar-refractivity contribution is -0.286. The van der Waals surface area contributed by atoms with Crippen LogP contribution in [-0.2, 0) is 28.9 Å². The van der Waals surface area contributed by atoms with Crippen LogP contribution in [0.4, 0.5) is 13.2 Å². The van der Waals surface area contributed by atoms with Crippen LogP contribution >= 0.6 is 0 Å². The second-order valence-electron chi connectivity index (χ2n) is 13.1. The Bertz CT molecular complexity index is 2240. The van der Waals surface area contributed by atoms with Gasteiger partial charge in [0, 0.05) is 47.9 Å². The van der Waals surface area contributed by atoms with Gasteiger partial charge >= 0.3 is 6.29 Å². The van der Waals surface area contributed by atoms with Crippen LogP contribution in [0.3, 0.4) is 0 Å². The van der Waals surface area contributed by atoms with Gasteiger partial charge in [0.25, 0.3) is 0 Å². The third-order valence-electron chi connectivity index (χ3n) is 9.04. The Morgan fingerprint density at radius 3 is 2.24 bits per heavy atom. The molecule has 3 heterocycles. The van der Waals surface area contributed by atoms with Crippen molar-refractivity contribution in [2.24, 2.45) is 7.05 Å². The summed E-state index contributed by atoms with van der Waals surface area (Å²) in [5.41, 5.74) is 1.25. The Hall–Kier alpha value is -4.66. The summed E-state index contributed by atoms with van der Waals surface area (Å²) in [6, 6.07) is 13.6.